The highest BCUT2D eigenvalue weighted by molar-refractivity contribution is 5.82. The number of carbonyl (C=O) groups excluding carboxylic acids is 2. The largest absolute Gasteiger partial charge is 0.352 e. The van der Waals surface area contributed by atoms with Crippen LogP contribution in [0.4, 0.5) is 4.39 Å². The van der Waals surface area contributed by atoms with E-state index in [0.29, 0.717) is 38.2 Å². The summed E-state index contributed by atoms with van der Waals surface area (Å²) in [6.07, 6.45) is 5.31. The third-order valence-electron chi connectivity index (χ3n) is 6.49. The van der Waals surface area contributed by atoms with Crippen LogP contribution < -0.4 is 5.32 Å². The van der Waals surface area contributed by atoms with E-state index in [1.54, 1.807) is 16.8 Å². The summed E-state index contributed by atoms with van der Waals surface area (Å²) in [6.45, 7) is 1.64. The molecule has 6 nitrogen and oxygen atoms in total. The second-order valence-electron chi connectivity index (χ2n) is 8.88. The van der Waals surface area contributed by atoms with Crippen LogP contribution in [0.15, 0.2) is 60.8 Å². The summed E-state index contributed by atoms with van der Waals surface area (Å²) in [5.41, 5.74) is 3.28. The number of nitrogens with zero attached hydrogens (tertiary/aromatic N) is 3. The molecule has 1 N–H and O–H groups in total. The standard InChI is InChI=1S/C26H27FN4O2/c27-22-10-8-18(9-11-22)24-21(17-31(29-24)23-4-2-1-3-5-23)16-28-25(32)19-12-14-30(15-13-19)26(33)20-6-7-20/h1-5,8-11,17,19-20H,6-7,12-16H2,(H,28,32). The van der Waals surface area contributed by atoms with Crippen molar-refractivity contribution in [1.82, 2.24) is 20.0 Å². The molecule has 1 aliphatic carbocycles. The predicted octanol–water partition coefficient (Wildman–Crippen LogP) is 3.94. The van der Waals surface area contributed by atoms with E-state index in [1.807, 2.05) is 41.4 Å². The zero-order valence-electron chi connectivity index (χ0n) is 18.4. The molecule has 1 saturated heterocycles. The molecule has 2 aromatic carbocycles. The van der Waals surface area contributed by atoms with Crippen LogP contribution in [0.1, 0.15) is 31.2 Å². The van der Waals surface area contributed by atoms with Gasteiger partial charge in [0.25, 0.3) is 0 Å². The number of halogens is 1. The number of para-hydroxylation sites is 1. The van der Waals surface area contributed by atoms with Crippen molar-refractivity contribution in [3.05, 3.63) is 72.2 Å². The molecular weight excluding hydrogens is 419 g/mol. The van der Waals surface area contributed by atoms with E-state index >= 15 is 0 Å². The molecule has 0 radical (unpaired) electrons. The number of amides is 2. The maximum atomic E-state index is 13.5. The second kappa shape index (κ2) is 9.17. The summed E-state index contributed by atoms with van der Waals surface area (Å²) >= 11 is 0. The molecule has 0 spiro atoms. The molecule has 1 aliphatic heterocycles. The Bertz CT molecular complexity index is 1130. The van der Waals surface area contributed by atoms with E-state index in [4.69, 9.17) is 5.10 Å². The number of likely N-dealkylation sites (tertiary alicyclic amines) is 1. The van der Waals surface area contributed by atoms with Gasteiger partial charge >= 0.3 is 0 Å². The Labute approximate surface area is 192 Å². The summed E-state index contributed by atoms with van der Waals surface area (Å²) in [6, 6.07) is 16.0. The van der Waals surface area contributed by atoms with Gasteiger partial charge in [-0.15, -0.1) is 0 Å². The molecule has 2 amide bonds. The highest BCUT2D eigenvalue weighted by Gasteiger charge is 2.36. The Morgan fingerprint density at radius 1 is 0.939 bits per heavy atom. The van der Waals surface area contributed by atoms with Gasteiger partial charge in [0, 0.05) is 48.8 Å². The quantitative estimate of drug-likeness (QED) is 0.624. The smallest absolute Gasteiger partial charge is 0.225 e. The first-order valence-corrected chi connectivity index (χ1v) is 11.5. The highest BCUT2D eigenvalue weighted by Crippen LogP contribution is 2.32. The van der Waals surface area contributed by atoms with Gasteiger partial charge in [-0.1, -0.05) is 18.2 Å². The number of rotatable bonds is 6. The Kier molecular flexibility index (Phi) is 5.94. The summed E-state index contributed by atoms with van der Waals surface area (Å²) < 4.78 is 15.2. The van der Waals surface area contributed by atoms with Crippen molar-refractivity contribution in [3.63, 3.8) is 0 Å². The molecule has 0 bridgehead atoms. The van der Waals surface area contributed by atoms with Gasteiger partial charge in [-0.2, -0.15) is 5.10 Å². The van der Waals surface area contributed by atoms with Crippen molar-refractivity contribution in [2.45, 2.75) is 32.2 Å². The molecule has 2 fully saturated rings. The SMILES string of the molecule is O=C(NCc1cn(-c2ccccc2)nc1-c1ccc(F)cc1)C1CCN(C(=O)C2CC2)CC1. The lowest BCUT2D eigenvalue weighted by atomic mass is 9.95. The number of aromatic nitrogens is 2. The number of piperidine rings is 1. The van der Waals surface area contributed by atoms with Gasteiger partial charge in [0.1, 0.15) is 5.82 Å². The summed E-state index contributed by atoms with van der Waals surface area (Å²) in [7, 11) is 0. The summed E-state index contributed by atoms with van der Waals surface area (Å²) in [4.78, 5) is 27.0. The van der Waals surface area contributed by atoms with Gasteiger partial charge in [0.05, 0.1) is 11.4 Å². The molecule has 1 saturated carbocycles. The fourth-order valence-electron chi connectivity index (χ4n) is 4.38. The van der Waals surface area contributed by atoms with Crippen molar-refractivity contribution >= 4 is 11.8 Å². The van der Waals surface area contributed by atoms with E-state index in [0.717, 1.165) is 29.7 Å². The first-order valence-electron chi connectivity index (χ1n) is 11.5. The molecule has 5 rings (SSSR count). The van der Waals surface area contributed by atoms with E-state index < -0.39 is 0 Å². The van der Waals surface area contributed by atoms with Gasteiger partial charge in [0.2, 0.25) is 11.8 Å². The van der Waals surface area contributed by atoms with Crippen LogP contribution in [-0.2, 0) is 16.1 Å². The topological polar surface area (TPSA) is 67.2 Å². The van der Waals surface area contributed by atoms with Crippen LogP contribution >= 0.6 is 0 Å². The van der Waals surface area contributed by atoms with Crippen LogP contribution in [0, 0.1) is 17.7 Å². The molecule has 170 valence electrons. The zero-order valence-corrected chi connectivity index (χ0v) is 18.4. The molecule has 0 unspecified atom stereocenters. The second-order valence-corrected chi connectivity index (χ2v) is 8.88. The minimum absolute atomic E-state index is 0.00559. The average molecular weight is 447 g/mol. The molecule has 0 atom stereocenters. The monoisotopic (exact) mass is 446 g/mol. The van der Waals surface area contributed by atoms with Crippen LogP contribution in [0.25, 0.3) is 16.9 Å². The number of hydrogen-bond acceptors (Lipinski definition) is 3. The molecule has 33 heavy (non-hydrogen) atoms. The van der Waals surface area contributed by atoms with Gasteiger partial charge in [-0.3, -0.25) is 9.59 Å². The summed E-state index contributed by atoms with van der Waals surface area (Å²) in [5, 5.41) is 7.79. The maximum absolute atomic E-state index is 13.5. The van der Waals surface area contributed by atoms with Crippen molar-refractivity contribution < 1.29 is 14.0 Å². The third-order valence-corrected chi connectivity index (χ3v) is 6.49. The predicted molar refractivity (Wildman–Crippen MR) is 123 cm³/mol. The number of carbonyl (C=O) groups is 2. The third kappa shape index (κ3) is 4.82. The fraction of sp³-hybridized carbons (Fsp3) is 0.346. The molecule has 7 heteroatoms. The molecule has 1 aromatic heterocycles. The first kappa shape index (κ1) is 21.4. The van der Waals surface area contributed by atoms with Crippen LogP contribution in [0.2, 0.25) is 0 Å². The lowest BCUT2D eigenvalue weighted by Gasteiger charge is -2.31. The van der Waals surface area contributed by atoms with Crippen molar-refractivity contribution in [2.75, 3.05) is 13.1 Å². The number of hydrogen-bond donors (Lipinski definition) is 1. The van der Waals surface area contributed by atoms with E-state index in [2.05, 4.69) is 5.32 Å². The lowest BCUT2D eigenvalue weighted by Crippen LogP contribution is -2.43. The molecule has 2 aliphatic rings. The average Bonchev–Trinajstić information content (AvgIpc) is 3.62. The summed E-state index contributed by atoms with van der Waals surface area (Å²) in [5.74, 6) is 0.0906. The van der Waals surface area contributed by atoms with E-state index in [-0.39, 0.29) is 29.5 Å². The highest BCUT2D eigenvalue weighted by atomic mass is 19.1. The number of nitrogens with one attached hydrogen (secondary N) is 1. The van der Waals surface area contributed by atoms with Gasteiger partial charge in [-0.05, 0) is 62.1 Å². The number of benzene rings is 2. The van der Waals surface area contributed by atoms with Gasteiger partial charge in [-0.25, -0.2) is 9.07 Å². The van der Waals surface area contributed by atoms with Crippen molar-refractivity contribution in [1.29, 1.82) is 0 Å². The van der Waals surface area contributed by atoms with Gasteiger partial charge < -0.3 is 10.2 Å². The van der Waals surface area contributed by atoms with E-state index in [1.165, 1.54) is 12.1 Å². The van der Waals surface area contributed by atoms with Crippen LogP contribution in [-0.4, -0.2) is 39.6 Å². The lowest BCUT2D eigenvalue weighted by molar-refractivity contribution is -0.136. The Morgan fingerprint density at radius 3 is 2.30 bits per heavy atom. The van der Waals surface area contributed by atoms with Crippen LogP contribution in [0.5, 0.6) is 0 Å². The minimum atomic E-state index is -0.303. The first-order chi connectivity index (χ1) is 16.1. The molecule has 3 aromatic rings. The van der Waals surface area contributed by atoms with Crippen LogP contribution in [0.3, 0.4) is 0 Å². The Hall–Kier alpha value is -3.48. The Morgan fingerprint density at radius 2 is 1.64 bits per heavy atom. The Balaban J connectivity index is 1.28. The van der Waals surface area contributed by atoms with Gasteiger partial charge in [0.15, 0.2) is 0 Å². The van der Waals surface area contributed by atoms with Crippen molar-refractivity contribution in [2.24, 2.45) is 11.8 Å². The normalized spacial score (nSPS) is 16.6. The molecular formula is C26H27FN4O2. The zero-order chi connectivity index (χ0) is 22.8. The van der Waals surface area contributed by atoms with E-state index in [9.17, 15) is 14.0 Å². The minimum Gasteiger partial charge on any atom is -0.352 e. The molecule has 2 heterocycles. The fourth-order valence-corrected chi connectivity index (χ4v) is 4.38. The van der Waals surface area contributed by atoms with Crippen molar-refractivity contribution in [3.8, 4) is 16.9 Å². The maximum Gasteiger partial charge on any atom is 0.225 e.